The fourth-order valence-corrected chi connectivity index (χ4v) is 4.76. The minimum absolute atomic E-state index is 0.0162. The molecule has 0 aromatic carbocycles. The van der Waals surface area contributed by atoms with Crippen LogP contribution in [0.15, 0.2) is 59.8 Å². The van der Waals surface area contributed by atoms with Gasteiger partial charge in [0.2, 0.25) is 5.91 Å². The Morgan fingerprint density at radius 2 is 2.00 bits per heavy atom. The molecule has 0 unspecified atom stereocenters. The van der Waals surface area contributed by atoms with Crippen molar-refractivity contribution in [3.63, 3.8) is 0 Å². The lowest BCUT2D eigenvalue weighted by Crippen LogP contribution is -2.11. The quantitative estimate of drug-likeness (QED) is 0.257. The molecule has 0 aliphatic heterocycles. The molecule has 6 aromatic heterocycles. The number of imidazole rings is 1. The number of aromatic amines is 2. The van der Waals surface area contributed by atoms with Crippen molar-refractivity contribution in [2.75, 3.05) is 5.32 Å². The number of pyridine rings is 3. The third-order valence-corrected chi connectivity index (χ3v) is 6.63. The molecule has 6 heterocycles. The highest BCUT2D eigenvalue weighted by Gasteiger charge is 2.17. The van der Waals surface area contributed by atoms with Crippen LogP contribution in [0.2, 0.25) is 0 Å². The second kappa shape index (κ2) is 9.31. The number of hydrogen-bond acceptors (Lipinski definition) is 7. The Morgan fingerprint density at radius 3 is 2.86 bits per heavy atom. The first-order valence-corrected chi connectivity index (χ1v) is 12.6. The summed E-state index contributed by atoms with van der Waals surface area (Å²) in [5, 5.41) is 15.5. The van der Waals surface area contributed by atoms with Gasteiger partial charge in [-0.2, -0.15) is 16.4 Å². The van der Waals surface area contributed by atoms with Crippen LogP contribution in [0.25, 0.3) is 56.0 Å². The summed E-state index contributed by atoms with van der Waals surface area (Å²) in [7, 11) is 0. The molecule has 3 N–H and O–H groups in total. The number of rotatable bonds is 7. The van der Waals surface area contributed by atoms with Gasteiger partial charge in [0, 0.05) is 40.7 Å². The molecular formula is C26H22N8OS. The molecule has 9 nitrogen and oxygen atoms in total. The molecule has 36 heavy (non-hydrogen) atoms. The van der Waals surface area contributed by atoms with Crippen molar-refractivity contribution < 1.29 is 4.79 Å². The molecule has 0 bridgehead atoms. The number of nitrogens with zero attached hydrogens (tertiary/aromatic N) is 5. The lowest BCUT2D eigenvalue weighted by atomic mass is 10.1. The van der Waals surface area contributed by atoms with E-state index in [9.17, 15) is 4.79 Å². The number of unbranched alkanes of at least 4 members (excludes halogenated alkanes) is 1. The van der Waals surface area contributed by atoms with Gasteiger partial charge in [-0.1, -0.05) is 13.3 Å². The first kappa shape index (κ1) is 22.1. The normalized spacial score (nSPS) is 11.4. The maximum Gasteiger partial charge on any atom is 0.224 e. The van der Waals surface area contributed by atoms with Crippen LogP contribution >= 0.6 is 11.3 Å². The van der Waals surface area contributed by atoms with Gasteiger partial charge in [0.25, 0.3) is 0 Å². The van der Waals surface area contributed by atoms with Crippen molar-refractivity contribution in [1.29, 1.82) is 0 Å². The molecule has 6 aromatic rings. The zero-order chi connectivity index (χ0) is 24.5. The van der Waals surface area contributed by atoms with Crippen molar-refractivity contribution in [3.8, 4) is 34.0 Å². The summed E-state index contributed by atoms with van der Waals surface area (Å²) in [5.74, 6) is 0.630. The highest BCUT2D eigenvalue weighted by atomic mass is 32.1. The van der Waals surface area contributed by atoms with E-state index in [4.69, 9.17) is 4.98 Å². The number of amides is 1. The maximum atomic E-state index is 12.2. The number of carbonyl (C=O) groups is 1. The number of H-pyrrole nitrogens is 2. The largest absolute Gasteiger partial charge is 0.336 e. The van der Waals surface area contributed by atoms with Gasteiger partial charge in [-0.15, -0.1) is 0 Å². The first-order chi connectivity index (χ1) is 17.7. The van der Waals surface area contributed by atoms with Gasteiger partial charge in [-0.3, -0.25) is 24.8 Å². The average Bonchev–Trinajstić information content (AvgIpc) is 3.66. The van der Waals surface area contributed by atoms with Crippen LogP contribution in [0, 0.1) is 0 Å². The molecule has 0 spiro atoms. The third-order valence-electron chi connectivity index (χ3n) is 5.94. The van der Waals surface area contributed by atoms with E-state index in [1.165, 1.54) is 0 Å². The van der Waals surface area contributed by atoms with Gasteiger partial charge in [-0.05, 0) is 36.1 Å². The molecule has 178 valence electrons. The highest BCUT2D eigenvalue weighted by molar-refractivity contribution is 7.08. The number of anilines is 1. The van der Waals surface area contributed by atoms with Gasteiger partial charge in [0.15, 0.2) is 5.82 Å². The predicted octanol–water partition coefficient (Wildman–Crippen LogP) is 5.82. The maximum absolute atomic E-state index is 12.2. The van der Waals surface area contributed by atoms with Gasteiger partial charge in [-0.25, -0.2) is 4.98 Å². The summed E-state index contributed by atoms with van der Waals surface area (Å²) in [6.45, 7) is 2.06. The van der Waals surface area contributed by atoms with Crippen molar-refractivity contribution in [2.24, 2.45) is 0 Å². The highest BCUT2D eigenvalue weighted by Crippen LogP contribution is 2.32. The molecule has 0 aliphatic rings. The molecule has 0 aliphatic carbocycles. The fraction of sp³-hybridized carbons (Fsp3) is 0.154. The van der Waals surface area contributed by atoms with Crippen molar-refractivity contribution in [3.05, 3.63) is 59.8 Å². The number of thiophene rings is 1. The second-order valence-electron chi connectivity index (χ2n) is 8.45. The monoisotopic (exact) mass is 494 g/mol. The molecule has 0 saturated heterocycles. The van der Waals surface area contributed by atoms with Crippen LogP contribution in [-0.4, -0.2) is 41.0 Å². The molecule has 6 rings (SSSR count). The smallest absolute Gasteiger partial charge is 0.224 e. The van der Waals surface area contributed by atoms with Gasteiger partial charge in [0.1, 0.15) is 11.2 Å². The summed E-state index contributed by atoms with van der Waals surface area (Å²) in [4.78, 5) is 33.8. The van der Waals surface area contributed by atoms with Crippen LogP contribution in [0.3, 0.4) is 0 Å². The van der Waals surface area contributed by atoms with E-state index < -0.39 is 0 Å². The van der Waals surface area contributed by atoms with E-state index in [0.29, 0.717) is 23.6 Å². The number of fused-ring (bicyclic) bond motifs is 2. The summed E-state index contributed by atoms with van der Waals surface area (Å²) >= 11 is 1.63. The minimum Gasteiger partial charge on any atom is -0.336 e. The van der Waals surface area contributed by atoms with Crippen LogP contribution in [0.4, 0.5) is 5.69 Å². The van der Waals surface area contributed by atoms with Gasteiger partial charge >= 0.3 is 0 Å². The third kappa shape index (κ3) is 4.11. The van der Waals surface area contributed by atoms with Crippen molar-refractivity contribution in [1.82, 2.24) is 35.1 Å². The Bertz CT molecular complexity index is 1690. The first-order valence-electron chi connectivity index (χ1n) is 11.7. The average molecular weight is 495 g/mol. The number of hydrogen-bond donors (Lipinski definition) is 3. The standard InChI is InChI=1S/C26H22N8OS/c1-2-3-4-22(35)30-17-9-16(11-27-12-17)20-10-18-21(13-29-20)33-34-24(18)26-31-19-5-7-28-23(25(19)32-26)15-6-8-36-14-15/h5-14H,2-4H2,1H3,(H,30,35)(H,31,32)(H,33,34). The summed E-state index contributed by atoms with van der Waals surface area (Å²) in [5.41, 5.74) is 7.21. The Hall–Kier alpha value is -4.44. The van der Waals surface area contributed by atoms with Crippen LogP contribution in [0.1, 0.15) is 26.2 Å². The molecule has 0 radical (unpaired) electrons. The van der Waals surface area contributed by atoms with Crippen molar-refractivity contribution >= 4 is 44.9 Å². The van der Waals surface area contributed by atoms with E-state index in [1.807, 2.05) is 29.6 Å². The zero-order valence-electron chi connectivity index (χ0n) is 19.4. The van der Waals surface area contributed by atoms with E-state index in [-0.39, 0.29) is 5.91 Å². The Labute approximate surface area is 210 Å². The molecule has 0 saturated carbocycles. The van der Waals surface area contributed by atoms with Crippen LogP contribution < -0.4 is 5.32 Å². The Morgan fingerprint density at radius 1 is 1.06 bits per heavy atom. The lowest BCUT2D eigenvalue weighted by Gasteiger charge is -2.07. The lowest BCUT2D eigenvalue weighted by molar-refractivity contribution is -0.116. The number of nitrogens with one attached hydrogen (secondary N) is 3. The van der Waals surface area contributed by atoms with E-state index >= 15 is 0 Å². The molecular weight excluding hydrogens is 472 g/mol. The van der Waals surface area contributed by atoms with E-state index in [2.05, 4.69) is 47.8 Å². The van der Waals surface area contributed by atoms with E-state index in [0.717, 1.165) is 57.3 Å². The second-order valence-corrected chi connectivity index (χ2v) is 9.23. The fourth-order valence-electron chi connectivity index (χ4n) is 4.12. The van der Waals surface area contributed by atoms with Crippen molar-refractivity contribution in [2.45, 2.75) is 26.2 Å². The molecule has 0 atom stereocenters. The molecule has 0 fully saturated rings. The Kier molecular flexibility index (Phi) is 5.70. The minimum atomic E-state index is -0.0162. The SMILES string of the molecule is CCCCC(=O)Nc1cncc(-c2cc3c(-c4nc5c(-c6ccsc6)nccc5[nH]4)n[nH]c3cn2)c1. The summed E-state index contributed by atoms with van der Waals surface area (Å²) in [6.07, 6.45) is 9.22. The van der Waals surface area contributed by atoms with Crippen LogP contribution in [-0.2, 0) is 4.79 Å². The summed E-state index contributed by atoms with van der Waals surface area (Å²) < 4.78 is 0. The van der Waals surface area contributed by atoms with Crippen LogP contribution in [0.5, 0.6) is 0 Å². The molecule has 10 heteroatoms. The van der Waals surface area contributed by atoms with Gasteiger partial charge < -0.3 is 10.3 Å². The van der Waals surface area contributed by atoms with E-state index in [1.54, 1.807) is 36.1 Å². The molecule has 1 amide bonds. The Balaban J connectivity index is 1.37. The predicted molar refractivity (Wildman–Crippen MR) is 141 cm³/mol. The topological polar surface area (TPSA) is 125 Å². The summed E-state index contributed by atoms with van der Waals surface area (Å²) in [6, 6.07) is 7.79. The zero-order valence-corrected chi connectivity index (χ0v) is 20.3. The number of aromatic nitrogens is 7. The number of carbonyl (C=O) groups excluding carboxylic acids is 1. The van der Waals surface area contributed by atoms with Gasteiger partial charge in [0.05, 0.1) is 40.5 Å².